The molecular weight excluding hydrogens is 330 g/mol. The van der Waals surface area contributed by atoms with Gasteiger partial charge in [0.15, 0.2) is 6.61 Å². The first-order valence-corrected chi connectivity index (χ1v) is 7.66. The van der Waals surface area contributed by atoms with Gasteiger partial charge in [0.25, 0.3) is 5.91 Å². The third-order valence-electron chi connectivity index (χ3n) is 3.40. The van der Waals surface area contributed by atoms with Gasteiger partial charge in [-0.05, 0) is 36.6 Å². The van der Waals surface area contributed by atoms with Crippen molar-refractivity contribution in [3.8, 4) is 5.75 Å². The van der Waals surface area contributed by atoms with Crippen LogP contribution in [0.15, 0.2) is 24.3 Å². The molecule has 0 aromatic heterocycles. The van der Waals surface area contributed by atoms with Crippen LogP contribution in [0.3, 0.4) is 0 Å². The Morgan fingerprint density at radius 3 is 2.79 bits per heavy atom. The Balaban J connectivity index is 1.83. The fourth-order valence-electron chi connectivity index (χ4n) is 2.02. The number of nitrogens with zero attached hydrogens (tertiary/aromatic N) is 1. The maximum Gasteiger partial charge on any atom is 0.260 e. The molecule has 2 unspecified atom stereocenters. The van der Waals surface area contributed by atoms with E-state index in [4.69, 9.17) is 16.3 Å². The lowest BCUT2D eigenvalue weighted by Gasteiger charge is -2.34. The molecule has 0 aliphatic carbocycles. The summed E-state index contributed by atoms with van der Waals surface area (Å²) in [4.78, 5) is 14.3. The summed E-state index contributed by atoms with van der Waals surface area (Å²) in [5.41, 5.74) is 0. The van der Waals surface area contributed by atoms with Crippen LogP contribution in [-0.2, 0) is 4.79 Å². The monoisotopic (exact) mass is 345 g/mol. The molecule has 1 aromatic carbocycles. The molecule has 1 heterocycles. The first kappa shape index (κ1) is 14.7. The van der Waals surface area contributed by atoms with Crippen molar-refractivity contribution in [3.63, 3.8) is 0 Å². The second kappa shape index (κ2) is 6.62. The van der Waals surface area contributed by atoms with Gasteiger partial charge >= 0.3 is 0 Å². The number of rotatable bonds is 3. The number of halogens is 2. The third kappa shape index (κ3) is 4.11. The summed E-state index contributed by atoms with van der Waals surface area (Å²) in [6.45, 7) is 3.84. The summed E-state index contributed by atoms with van der Waals surface area (Å²) in [7, 11) is 0. The highest BCUT2D eigenvalue weighted by molar-refractivity contribution is 9.09. The molecule has 1 aromatic rings. The molecule has 1 aliphatic rings. The van der Waals surface area contributed by atoms with Gasteiger partial charge in [-0.1, -0.05) is 34.5 Å². The van der Waals surface area contributed by atoms with Gasteiger partial charge in [0.2, 0.25) is 0 Å². The molecule has 104 valence electrons. The number of hydrogen-bond donors (Lipinski definition) is 0. The lowest BCUT2D eigenvalue weighted by atomic mass is 9.99. The maximum absolute atomic E-state index is 12.0. The zero-order chi connectivity index (χ0) is 13.8. The van der Waals surface area contributed by atoms with Crippen molar-refractivity contribution < 1.29 is 9.53 Å². The number of carbonyl (C=O) groups is 1. The van der Waals surface area contributed by atoms with Gasteiger partial charge < -0.3 is 9.64 Å². The van der Waals surface area contributed by atoms with Crippen molar-refractivity contribution in [2.75, 3.05) is 19.7 Å². The largest absolute Gasteiger partial charge is 0.484 e. The van der Waals surface area contributed by atoms with Gasteiger partial charge in [0, 0.05) is 22.9 Å². The number of benzene rings is 1. The highest BCUT2D eigenvalue weighted by Gasteiger charge is 2.27. The Hall–Kier alpha value is -0.740. The van der Waals surface area contributed by atoms with Gasteiger partial charge in [0.1, 0.15) is 5.75 Å². The number of ether oxygens (including phenoxy) is 1. The van der Waals surface area contributed by atoms with E-state index in [1.165, 1.54) is 0 Å². The van der Waals surface area contributed by atoms with E-state index < -0.39 is 0 Å². The molecular formula is C14H17BrClNO2. The Labute approximate surface area is 127 Å². The summed E-state index contributed by atoms with van der Waals surface area (Å²) in [6.07, 6.45) is 1.03. The lowest BCUT2D eigenvalue weighted by molar-refractivity contribution is -0.134. The van der Waals surface area contributed by atoms with Gasteiger partial charge in [-0.25, -0.2) is 0 Å². The van der Waals surface area contributed by atoms with Crippen molar-refractivity contribution in [1.82, 2.24) is 4.90 Å². The zero-order valence-electron chi connectivity index (χ0n) is 10.8. The van der Waals surface area contributed by atoms with E-state index in [1.54, 1.807) is 24.3 Å². The minimum atomic E-state index is 0.0336. The van der Waals surface area contributed by atoms with E-state index in [2.05, 4.69) is 22.9 Å². The first-order chi connectivity index (χ1) is 9.06. The normalized spacial score (nSPS) is 23.2. The smallest absolute Gasteiger partial charge is 0.260 e. The van der Waals surface area contributed by atoms with Gasteiger partial charge in [-0.2, -0.15) is 0 Å². The van der Waals surface area contributed by atoms with Gasteiger partial charge in [-0.15, -0.1) is 0 Å². The molecule has 0 spiro atoms. The van der Waals surface area contributed by atoms with Gasteiger partial charge in [-0.3, -0.25) is 4.79 Å². The number of amides is 1. The number of piperidine rings is 1. The van der Waals surface area contributed by atoms with E-state index in [1.807, 2.05) is 4.90 Å². The minimum Gasteiger partial charge on any atom is -0.484 e. The second-order valence-corrected chi connectivity index (χ2v) is 6.48. The van der Waals surface area contributed by atoms with Crippen molar-refractivity contribution in [2.45, 2.75) is 18.2 Å². The number of hydrogen-bond acceptors (Lipinski definition) is 2. The molecule has 19 heavy (non-hydrogen) atoms. The zero-order valence-corrected chi connectivity index (χ0v) is 13.2. The van der Waals surface area contributed by atoms with Gasteiger partial charge in [0.05, 0.1) is 0 Å². The minimum absolute atomic E-state index is 0.0336. The second-order valence-electron chi connectivity index (χ2n) is 4.86. The van der Waals surface area contributed by atoms with E-state index >= 15 is 0 Å². The van der Waals surface area contributed by atoms with Crippen LogP contribution in [0.4, 0.5) is 0 Å². The van der Waals surface area contributed by atoms with Crippen LogP contribution in [0.1, 0.15) is 13.3 Å². The summed E-state index contributed by atoms with van der Waals surface area (Å²) in [6, 6.07) is 7.03. The van der Waals surface area contributed by atoms with Crippen molar-refractivity contribution >= 4 is 33.4 Å². The molecule has 0 bridgehead atoms. The molecule has 1 saturated heterocycles. The molecule has 3 nitrogen and oxygen atoms in total. The predicted octanol–water partition coefficient (Wildman–Crippen LogP) is 3.35. The van der Waals surface area contributed by atoms with Crippen LogP contribution < -0.4 is 4.74 Å². The molecule has 0 saturated carbocycles. The van der Waals surface area contributed by atoms with Crippen LogP contribution in [0.2, 0.25) is 5.02 Å². The maximum atomic E-state index is 12.0. The Morgan fingerprint density at radius 1 is 1.47 bits per heavy atom. The van der Waals surface area contributed by atoms with E-state index in [-0.39, 0.29) is 12.5 Å². The molecule has 0 radical (unpaired) electrons. The van der Waals surface area contributed by atoms with Crippen LogP contribution in [0.25, 0.3) is 0 Å². The predicted molar refractivity (Wildman–Crippen MR) is 80.0 cm³/mol. The summed E-state index contributed by atoms with van der Waals surface area (Å²) in [5.74, 6) is 1.31. The van der Waals surface area contributed by atoms with Crippen LogP contribution in [0.5, 0.6) is 5.75 Å². The summed E-state index contributed by atoms with van der Waals surface area (Å²) >= 11 is 9.41. The summed E-state index contributed by atoms with van der Waals surface area (Å²) < 4.78 is 5.47. The number of carbonyl (C=O) groups excluding carboxylic acids is 1. The summed E-state index contributed by atoms with van der Waals surface area (Å²) in [5, 5.41) is 0.658. The number of alkyl halides is 1. The lowest BCUT2D eigenvalue weighted by Crippen LogP contribution is -2.45. The molecule has 1 amide bonds. The van der Waals surface area contributed by atoms with E-state index in [0.717, 1.165) is 19.5 Å². The Kier molecular flexibility index (Phi) is 5.11. The SMILES string of the molecule is CC1CCN(C(=O)COc2ccc(Cl)cc2)CC1Br. The molecule has 1 fully saturated rings. The third-order valence-corrected chi connectivity index (χ3v) is 4.84. The van der Waals surface area contributed by atoms with Crippen molar-refractivity contribution in [1.29, 1.82) is 0 Å². The Morgan fingerprint density at radius 2 is 2.16 bits per heavy atom. The molecule has 5 heteroatoms. The van der Waals surface area contributed by atoms with Crippen LogP contribution in [-0.4, -0.2) is 35.3 Å². The average Bonchev–Trinajstić information content (AvgIpc) is 2.41. The van der Waals surface area contributed by atoms with Crippen LogP contribution >= 0.6 is 27.5 Å². The molecule has 2 atom stereocenters. The fourth-order valence-corrected chi connectivity index (χ4v) is 2.76. The molecule has 0 N–H and O–H groups in total. The van der Waals surface area contributed by atoms with Crippen molar-refractivity contribution in [2.24, 2.45) is 5.92 Å². The Bertz CT molecular complexity index is 438. The standard InChI is InChI=1S/C14H17BrClNO2/c1-10-6-7-17(8-13(10)15)14(18)9-19-12-4-2-11(16)3-5-12/h2-5,10,13H,6-9H2,1H3. The average molecular weight is 347 g/mol. The highest BCUT2D eigenvalue weighted by atomic mass is 79.9. The van der Waals surface area contributed by atoms with E-state index in [9.17, 15) is 4.79 Å². The topological polar surface area (TPSA) is 29.5 Å². The quantitative estimate of drug-likeness (QED) is 0.786. The number of likely N-dealkylation sites (tertiary alicyclic amines) is 1. The fraction of sp³-hybridized carbons (Fsp3) is 0.500. The molecule has 2 rings (SSSR count). The molecule has 1 aliphatic heterocycles. The highest BCUT2D eigenvalue weighted by Crippen LogP contribution is 2.23. The first-order valence-electron chi connectivity index (χ1n) is 6.36. The van der Waals surface area contributed by atoms with E-state index in [0.29, 0.717) is 21.5 Å². The van der Waals surface area contributed by atoms with Crippen LogP contribution in [0, 0.1) is 5.92 Å². The van der Waals surface area contributed by atoms with Crippen molar-refractivity contribution in [3.05, 3.63) is 29.3 Å².